The largest absolute Gasteiger partial charge is 0.493 e. The van der Waals surface area contributed by atoms with E-state index in [1.54, 1.807) is 25.3 Å². The first kappa shape index (κ1) is 20.5. The summed E-state index contributed by atoms with van der Waals surface area (Å²) in [5.41, 5.74) is 3.36. The molecule has 0 unspecified atom stereocenters. The van der Waals surface area contributed by atoms with E-state index in [1.807, 2.05) is 37.3 Å². The van der Waals surface area contributed by atoms with Crippen LogP contribution in [0.15, 0.2) is 59.1 Å². The van der Waals surface area contributed by atoms with E-state index in [0.717, 1.165) is 15.7 Å². The molecule has 28 heavy (non-hydrogen) atoms. The van der Waals surface area contributed by atoms with Crippen LogP contribution in [0, 0.1) is 12.7 Å². The number of methoxy groups -OCH3 is 1. The van der Waals surface area contributed by atoms with Gasteiger partial charge in [0.2, 0.25) is 0 Å². The summed E-state index contributed by atoms with van der Waals surface area (Å²) >= 11 is 9.70. The Labute approximate surface area is 177 Å². The van der Waals surface area contributed by atoms with Crippen LogP contribution in [0.2, 0.25) is 5.02 Å². The van der Waals surface area contributed by atoms with Crippen LogP contribution >= 0.6 is 27.5 Å². The molecule has 0 aliphatic rings. The van der Waals surface area contributed by atoms with Gasteiger partial charge in [-0.3, -0.25) is 0 Å². The van der Waals surface area contributed by atoms with Gasteiger partial charge in [0.25, 0.3) is 0 Å². The summed E-state index contributed by atoms with van der Waals surface area (Å²) in [5, 5.41) is 3.70. The number of hydrogen-bond acceptors (Lipinski definition) is 3. The fourth-order valence-electron chi connectivity index (χ4n) is 2.74. The minimum atomic E-state index is -0.402. The van der Waals surface area contributed by atoms with Crippen LogP contribution in [0.25, 0.3) is 0 Å². The molecule has 0 saturated carbocycles. The molecule has 0 bridgehead atoms. The van der Waals surface area contributed by atoms with Crippen molar-refractivity contribution in [3.63, 3.8) is 0 Å². The van der Waals surface area contributed by atoms with Gasteiger partial charge in [-0.05, 0) is 43.3 Å². The first-order chi connectivity index (χ1) is 13.5. The summed E-state index contributed by atoms with van der Waals surface area (Å²) in [6, 6.07) is 16.4. The van der Waals surface area contributed by atoms with Crippen LogP contribution in [0.4, 0.5) is 10.1 Å². The van der Waals surface area contributed by atoms with Crippen LogP contribution < -0.4 is 14.8 Å². The SMILES string of the molecule is COc1ccc(Br)c(CNc2ccc(C)cc2)c1OCc1c(F)cccc1Cl. The van der Waals surface area contributed by atoms with Crippen molar-refractivity contribution in [3.8, 4) is 11.5 Å². The molecule has 0 atom stereocenters. The smallest absolute Gasteiger partial charge is 0.167 e. The predicted octanol–water partition coefficient (Wildman–Crippen LogP) is 6.75. The lowest BCUT2D eigenvalue weighted by atomic mass is 10.1. The monoisotopic (exact) mass is 463 g/mol. The van der Waals surface area contributed by atoms with E-state index < -0.39 is 5.82 Å². The summed E-state index contributed by atoms with van der Waals surface area (Å²) in [4.78, 5) is 0. The Hall–Kier alpha value is -2.24. The molecule has 0 fully saturated rings. The Bertz CT molecular complexity index is 943. The van der Waals surface area contributed by atoms with Gasteiger partial charge in [-0.25, -0.2) is 4.39 Å². The number of hydrogen-bond donors (Lipinski definition) is 1. The van der Waals surface area contributed by atoms with E-state index in [4.69, 9.17) is 21.1 Å². The van der Waals surface area contributed by atoms with E-state index in [1.165, 1.54) is 11.6 Å². The van der Waals surface area contributed by atoms with E-state index >= 15 is 0 Å². The Morgan fingerprint density at radius 2 is 1.79 bits per heavy atom. The number of nitrogens with one attached hydrogen (secondary N) is 1. The van der Waals surface area contributed by atoms with Gasteiger partial charge >= 0.3 is 0 Å². The molecule has 3 nitrogen and oxygen atoms in total. The van der Waals surface area contributed by atoms with E-state index in [-0.39, 0.29) is 6.61 Å². The number of anilines is 1. The second kappa shape index (κ2) is 9.30. The summed E-state index contributed by atoms with van der Waals surface area (Å²) in [7, 11) is 1.57. The maximum Gasteiger partial charge on any atom is 0.167 e. The highest BCUT2D eigenvalue weighted by Crippen LogP contribution is 2.37. The van der Waals surface area contributed by atoms with Gasteiger partial charge in [0.05, 0.1) is 12.1 Å². The molecule has 0 heterocycles. The molecule has 146 valence electrons. The topological polar surface area (TPSA) is 30.5 Å². The lowest BCUT2D eigenvalue weighted by molar-refractivity contribution is 0.277. The van der Waals surface area contributed by atoms with Gasteiger partial charge in [0.15, 0.2) is 11.5 Å². The number of rotatable bonds is 7. The van der Waals surface area contributed by atoms with Crippen molar-refractivity contribution in [2.24, 2.45) is 0 Å². The van der Waals surface area contributed by atoms with Crippen LogP contribution in [-0.2, 0) is 13.2 Å². The van der Waals surface area contributed by atoms with Crippen LogP contribution in [0.3, 0.4) is 0 Å². The molecule has 0 amide bonds. The van der Waals surface area contributed by atoms with Gasteiger partial charge < -0.3 is 14.8 Å². The van der Waals surface area contributed by atoms with Crippen molar-refractivity contribution in [2.45, 2.75) is 20.1 Å². The molecule has 0 aliphatic heterocycles. The molecule has 0 aliphatic carbocycles. The molecular weight excluding hydrogens is 445 g/mol. The van der Waals surface area contributed by atoms with Crippen LogP contribution in [0.1, 0.15) is 16.7 Å². The fourth-order valence-corrected chi connectivity index (χ4v) is 3.41. The lowest BCUT2D eigenvalue weighted by Crippen LogP contribution is -2.07. The number of aryl methyl sites for hydroxylation is 1. The molecule has 0 saturated heterocycles. The summed E-state index contributed by atoms with van der Waals surface area (Å²) < 4.78 is 26.4. The molecular formula is C22H20BrClFNO2. The zero-order chi connectivity index (χ0) is 20.1. The zero-order valence-corrected chi connectivity index (χ0v) is 17.9. The van der Waals surface area contributed by atoms with Gasteiger partial charge in [-0.2, -0.15) is 0 Å². The lowest BCUT2D eigenvalue weighted by Gasteiger charge is -2.18. The summed E-state index contributed by atoms with van der Waals surface area (Å²) in [6.07, 6.45) is 0. The maximum atomic E-state index is 14.1. The molecule has 0 radical (unpaired) electrons. The van der Waals surface area contributed by atoms with Crippen molar-refractivity contribution < 1.29 is 13.9 Å². The quantitative estimate of drug-likeness (QED) is 0.419. The highest BCUT2D eigenvalue weighted by molar-refractivity contribution is 9.10. The van der Waals surface area contributed by atoms with E-state index in [2.05, 4.69) is 21.2 Å². The second-order valence-electron chi connectivity index (χ2n) is 6.27. The average Bonchev–Trinajstić information content (AvgIpc) is 2.68. The normalized spacial score (nSPS) is 10.6. The van der Waals surface area contributed by atoms with Crippen molar-refractivity contribution in [3.05, 3.63) is 86.6 Å². The van der Waals surface area contributed by atoms with Gasteiger partial charge in [-0.1, -0.05) is 51.3 Å². The third-order valence-electron chi connectivity index (χ3n) is 4.33. The summed E-state index contributed by atoms with van der Waals surface area (Å²) in [6.45, 7) is 2.54. The minimum Gasteiger partial charge on any atom is -0.493 e. The van der Waals surface area contributed by atoms with Crippen molar-refractivity contribution >= 4 is 33.2 Å². The third-order valence-corrected chi connectivity index (χ3v) is 5.43. The molecule has 6 heteroatoms. The Kier molecular flexibility index (Phi) is 6.81. The van der Waals surface area contributed by atoms with E-state index in [0.29, 0.717) is 28.6 Å². The Morgan fingerprint density at radius 1 is 1.04 bits per heavy atom. The van der Waals surface area contributed by atoms with Crippen molar-refractivity contribution in [2.75, 3.05) is 12.4 Å². The highest BCUT2D eigenvalue weighted by Gasteiger charge is 2.16. The Balaban J connectivity index is 1.86. The third kappa shape index (κ3) is 4.78. The van der Waals surface area contributed by atoms with E-state index in [9.17, 15) is 4.39 Å². The summed E-state index contributed by atoms with van der Waals surface area (Å²) in [5.74, 6) is 0.702. The fraction of sp³-hybridized carbons (Fsp3) is 0.182. The number of halogens is 3. The van der Waals surface area contributed by atoms with Gasteiger partial charge in [-0.15, -0.1) is 0 Å². The average molecular weight is 465 g/mol. The molecule has 0 aromatic heterocycles. The van der Waals surface area contributed by atoms with Crippen molar-refractivity contribution in [1.29, 1.82) is 0 Å². The molecule has 3 aromatic rings. The zero-order valence-electron chi connectivity index (χ0n) is 15.6. The highest BCUT2D eigenvalue weighted by atomic mass is 79.9. The first-order valence-electron chi connectivity index (χ1n) is 8.71. The predicted molar refractivity (Wildman–Crippen MR) is 115 cm³/mol. The van der Waals surface area contributed by atoms with Gasteiger partial charge in [0.1, 0.15) is 12.4 Å². The maximum absolute atomic E-state index is 14.1. The van der Waals surface area contributed by atoms with Crippen LogP contribution in [-0.4, -0.2) is 7.11 Å². The molecule has 3 rings (SSSR count). The number of ether oxygens (including phenoxy) is 2. The molecule has 1 N–H and O–H groups in total. The second-order valence-corrected chi connectivity index (χ2v) is 7.53. The number of benzene rings is 3. The standard InChI is InChI=1S/C22H20BrClFNO2/c1-14-6-8-15(9-7-14)26-12-16-18(23)10-11-21(27-2)22(16)28-13-17-19(24)4-3-5-20(17)25/h3-11,26H,12-13H2,1-2H3. The minimum absolute atomic E-state index is 0.00412. The van der Waals surface area contributed by atoms with Crippen LogP contribution in [0.5, 0.6) is 11.5 Å². The first-order valence-corrected chi connectivity index (χ1v) is 9.88. The Morgan fingerprint density at radius 3 is 2.46 bits per heavy atom. The van der Waals surface area contributed by atoms with Crippen molar-refractivity contribution in [1.82, 2.24) is 0 Å². The van der Waals surface area contributed by atoms with Gasteiger partial charge in [0, 0.05) is 27.8 Å². The molecule has 3 aromatic carbocycles. The molecule has 0 spiro atoms.